The lowest BCUT2D eigenvalue weighted by molar-refractivity contribution is -0.114. The number of carbonyl (C=O) groups excluding carboxylic acids is 2. The minimum Gasteiger partial charge on any atom is -0.387 e. The van der Waals surface area contributed by atoms with Crippen molar-refractivity contribution >= 4 is 29.4 Å². The Morgan fingerprint density at radius 3 is 2.32 bits per heavy atom. The number of likely N-dealkylation sites (tertiary alicyclic amines) is 1. The monoisotopic (exact) mass is 374 g/mol. The molecule has 0 saturated carbocycles. The van der Waals surface area contributed by atoms with Crippen LogP contribution in [-0.4, -0.2) is 35.6 Å². The summed E-state index contributed by atoms with van der Waals surface area (Å²) >= 11 is 0. The fourth-order valence-corrected chi connectivity index (χ4v) is 3.65. The predicted octanol–water partition coefficient (Wildman–Crippen LogP) is 2.85. The number of nitrogens with two attached hydrogens (primary N) is 2. The van der Waals surface area contributed by atoms with Gasteiger partial charge in [-0.2, -0.15) is 0 Å². The summed E-state index contributed by atoms with van der Waals surface area (Å²) in [5.41, 5.74) is 15.9. The minimum atomic E-state index is -0.499. The van der Waals surface area contributed by atoms with Crippen molar-refractivity contribution in [2.75, 3.05) is 13.1 Å². The Labute approximate surface area is 163 Å². The fraction of sp³-hybridized carbons (Fsp3) is 0.227. The molecule has 1 saturated heterocycles. The lowest BCUT2D eigenvalue weighted by Crippen LogP contribution is -2.27. The molecule has 2 aromatic rings. The van der Waals surface area contributed by atoms with Crippen molar-refractivity contribution in [2.45, 2.75) is 19.3 Å². The molecule has 0 aromatic heterocycles. The van der Waals surface area contributed by atoms with Gasteiger partial charge in [-0.25, -0.2) is 4.99 Å². The number of rotatable bonds is 3. The van der Waals surface area contributed by atoms with Gasteiger partial charge >= 0.3 is 0 Å². The van der Waals surface area contributed by atoms with E-state index in [0.717, 1.165) is 42.6 Å². The third-order valence-electron chi connectivity index (χ3n) is 5.17. The molecule has 4 N–H and O–H groups in total. The highest BCUT2D eigenvalue weighted by Crippen LogP contribution is 2.31. The second-order valence-electron chi connectivity index (χ2n) is 7.16. The van der Waals surface area contributed by atoms with Crippen LogP contribution in [0.1, 0.15) is 35.2 Å². The molecular formula is C22H22N4O2. The molecule has 6 heteroatoms. The SMILES string of the molecule is NC(=O)C1=Cc2cc(-c3ccc(C(=O)N4CCCC4)cc3)ccc2N=C(N)C1. The zero-order valence-corrected chi connectivity index (χ0v) is 15.5. The van der Waals surface area contributed by atoms with Crippen molar-refractivity contribution in [1.82, 2.24) is 4.90 Å². The standard InChI is InChI=1S/C22H22N4O2/c23-20-13-18(21(24)27)12-17-11-16(7-8-19(17)25-20)14-3-5-15(6-4-14)22(28)26-9-1-2-10-26/h3-8,11-12H,1-2,9-10,13H2,(H2,23,25)(H2,24,27). The van der Waals surface area contributed by atoms with Crippen LogP contribution in [0, 0.1) is 0 Å². The van der Waals surface area contributed by atoms with Crippen molar-refractivity contribution in [1.29, 1.82) is 0 Å². The van der Waals surface area contributed by atoms with E-state index in [2.05, 4.69) is 4.99 Å². The van der Waals surface area contributed by atoms with Gasteiger partial charge in [0.05, 0.1) is 5.69 Å². The van der Waals surface area contributed by atoms with Crippen LogP contribution in [-0.2, 0) is 4.79 Å². The molecule has 0 spiro atoms. The second kappa shape index (κ2) is 7.31. The van der Waals surface area contributed by atoms with E-state index in [1.165, 1.54) is 0 Å². The maximum atomic E-state index is 12.5. The van der Waals surface area contributed by atoms with Crippen LogP contribution in [0.5, 0.6) is 0 Å². The van der Waals surface area contributed by atoms with Crippen molar-refractivity contribution < 1.29 is 9.59 Å². The van der Waals surface area contributed by atoms with Gasteiger partial charge in [-0.1, -0.05) is 18.2 Å². The van der Waals surface area contributed by atoms with Crippen LogP contribution in [0.2, 0.25) is 0 Å². The van der Waals surface area contributed by atoms with Gasteiger partial charge < -0.3 is 16.4 Å². The smallest absolute Gasteiger partial charge is 0.253 e. The van der Waals surface area contributed by atoms with E-state index >= 15 is 0 Å². The van der Waals surface area contributed by atoms with E-state index in [-0.39, 0.29) is 12.3 Å². The summed E-state index contributed by atoms with van der Waals surface area (Å²) in [5.74, 6) is -0.0488. The van der Waals surface area contributed by atoms with Gasteiger partial charge in [0.25, 0.3) is 5.91 Å². The summed E-state index contributed by atoms with van der Waals surface area (Å²) in [4.78, 5) is 30.4. The molecule has 0 aliphatic carbocycles. The van der Waals surface area contributed by atoms with E-state index in [1.807, 2.05) is 47.4 Å². The van der Waals surface area contributed by atoms with Crippen molar-refractivity contribution in [3.63, 3.8) is 0 Å². The number of amidine groups is 1. The Hall–Kier alpha value is -3.41. The Morgan fingerprint density at radius 1 is 0.964 bits per heavy atom. The van der Waals surface area contributed by atoms with Gasteiger partial charge in [0.2, 0.25) is 5.91 Å². The first kappa shape index (κ1) is 18.0. The summed E-state index contributed by atoms with van der Waals surface area (Å²) in [6, 6.07) is 13.4. The predicted molar refractivity (Wildman–Crippen MR) is 110 cm³/mol. The van der Waals surface area contributed by atoms with Crippen LogP contribution < -0.4 is 11.5 Å². The van der Waals surface area contributed by atoms with Crippen molar-refractivity contribution in [3.8, 4) is 11.1 Å². The van der Waals surface area contributed by atoms with E-state index in [0.29, 0.717) is 22.7 Å². The van der Waals surface area contributed by atoms with E-state index in [1.54, 1.807) is 6.08 Å². The highest BCUT2D eigenvalue weighted by atomic mass is 16.2. The number of nitrogens with zero attached hydrogens (tertiary/aromatic N) is 2. The molecule has 2 aliphatic heterocycles. The average Bonchev–Trinajstić information content (AvgIpc) is 3.17. The van der Waals surface area contributed by atoms with E-state index in [4.69, 9.17) is 11.5 Å². The van der Waals surface area contributed by atoms with Crippen molar-refractivity contribution in [2.24, 2.45) is 16.5 Å². The molecule has 2 aromatic carbocycles. The van der Waals surface area contributed by atoms with Gasteiger partial charge in [-0.15, -0.1) is 0 Å². The van der Waals surface area contributed by atoms with E-state index < -0.39 is 5.91 Å². The molecule has 4 rings (SSSR count). The van der Waals surface area contributed by atoms with Gasteiger partial charge in [0.1, 0.15) is 5.84 Å². The highest BCUT2D eigenvalue weighted by Gasteiger charge is 2.19. The summed E-state index contributed by atoms with van der Waals surface area (Å²) in [5, 5.41) is 0. The number of aliphatic imine (C=N–C) groups is 1. The second-order valence-corrected chi connectivity index (χ2v) is 7.16. The third-order valence-corrected chi connectivity index (χ3v) is 5.17. The molecule has 2 amide bonds. The maximum Gasteiger partial charge on any atom is 0.253 e. The largest absolute Gasteiger partial charge is 0.387 e. The Bertz CT molecular complexity index is 1000. The number of hydrogen-bond acceptors (Lipinski definition) is 4. The average molecular weight is 374 g/mol. The Kier molecular flexibility index (Phi) is 4.69. The minimum absolute atomic E-state index is 0.0878. The zero-order chi connectivity index (χ0) is 19.7. The summed E-state index contributed by atoms with van der Waals surface area (Å²) in [6.45, 7) is 1.67. The van der Waals surface area contributed by atoms with Crippen LogP contribution in [0.3, 0.4) is 0 Å². The van der Waals surface area contributed by atoms with Crippen LogP contribution in [0.15, 0.2) is 53.0 Å². The zero-order valence-electron chi connectivity index (χ0n) is 15.5. The molecule has 6 nitrogen and oxygen atoms in total. The third kappa shape index (κ3) is 3.53. The lowest BCUT2D eigenvalue weighted by atomic mass is 9.99. The maximum absolute atomic E-state index is 12.5. The lowest BCUT2D eigenvalue weighted by Gasteiger charge is -2.15. The highest BCUT2D eigenvalue weighted by molar-refractivity contribution is 6.05. The van der Waals surface area contributed by atoms with Crippen molar-refractivity contribution in [3.05, 3.63) is 59.2 Å². The van der Waals surface area contributed by atoms with Crippen LogP contribution >= 0.6 is 0 Å². The summed E-state index contributed by atoms with van der Waals surface area (Å²) < 4.78 is 0. The number of carbonyl (C=O) groups is 2. The number of fused-ring (bicyclic) bond motifs is 1. The number of primary amides is 1. The first-order valence-corrected chi connectivity index (χ1v) is 9.38. The quantitative estimate of drug-likeness (QED) is 0.863. The van der Waals surface area contributed by atoms with Gasteiger partial charge in [-0.3, -0.25) is 9.59 Å². The van der Waals surface area contributed by atoms with Gasteiger partial charge in [0.15, 0.2) is 0 Å². The van der Waals surface area contributed by atoms with Gasteiger partial charge in [0, 0.05) is 36.2 Å². The van der Waals surface area contributed by atoms with E-state index in [9.17, 15) is 9.59 Å². The molecule has 142 valence electrons. The molecule has 0 radical (unpaired) electrons. The molecule has 0 bridgehead atoms. The van der Waals surface area contributed by atoms with Crippen LogP contribution in [0.25, 0.3) is 17.2 Å². The molecular weight excluding hydrogens is 352 g/mol. The molecule has 2 heterocycles. The summed E-state index contributed by atoms with van der Waals surface area (Å²) in [7, 11) is 0. The molecule has 28 heavy (non-hydrogen) atoms. The first-order valence-electron chi connectivity index (χ1n) is 9.38. The normalized spacial score (nSPS) is 16.1. The number of amides is 2. The number of benzene rings is 2. The fourth-order valence-electron chi connectivity index (χ4n) is 3.65. The molecule has 2 aliphatic rings. The molecule has 0 atom stereocenters. The first-order chi connectivity index (χ1) is 13.5. The van der Waals surface area contributed by atoms with Gasteiger partial charge in [-0.05, 0) is 54.3 Å². The Balaban J connectivity index is 1.64. The topological polar surface area (TPSA) is 102 Å². The Morgan fingerprint density at radius 2 is 1.64 bits per heavy atom. The number of hydrogen-bond donors (Lipinski definition) is 2. The van der Waals surface area contributed by atoms with Crippen LogP contribution in [0.4, 0.5) is 5.69 Å². The summed E-state index contributed by atoms with van der Waals surface area (Å²) in [6.07, 6.45) is 4.14. The molecule has 0 unspecified atom stereocenters. The molecule has 1 fully saturated rings.